The Hall–Kier alpha value is -0.570. The molecule has 0 aromatic heterocycles. The highest BCUT2D eigenvalue weighted by Gasteiger charge is 2.37. The van der Waals surface area contributed by atoms with Crippen molar-refractivity contribution >= 4 is 5.91 Å². The highest BCUT2D eigenvalue weighted by molar-refractivity contribution is 5.79. The Morgan fingerprint density at radius 1 is 1.32 bits per heavy atom. The van der Waals surface area contributed by atoms with Gasteiger partial charge in [0.2, 0.25) is 5.91 Å². The molecule has 1 aliphatic heterocycles. The van der Waals surface area contributed by atoms with E-state index in [9.17, 15) is 4.79 Å². The summed E-state index contributed by atoms with van der Waals surface area (Å²) in [6.45, 7) is 9.85. The first-order chi connectivity index (χ1) is 9.00. The third-order valence-electron chi connectivity index (χ3n) is 5.33. The Morgan fingerprint density at radius 2 is 2.11 bits per heavy atom. The zero-order chi connectivity index (χ0) is 13.9. The summed E-state index contributed by atoms with van der Waals surface area (Å²) in [6.07, 6.45) is 5.94. The van der Waals surface area contributed by atoms with E-state index in [1.54, 1.807) is 0 Å². The fourth-order valence-electron chi connectivity index (χ4n) is 3.71. The Balaban J connectivity index is 1.83. The molecule has 0 radical (unpaired) electrons. The Labute approximate surface area is 117 Å². The Kier molecular flexibility index (Phi) is 4.88. The van der Waals surface area contributed by atoms with Gasteiger partial charge in [0, 0.05) is 12.5 Å². The molecule has 2 N–H and O–H groups in total. The monoisotopic (exact) mass is 266 g/mol. The molecule has 0 aromatic carbocycles. The van der Waals surface area contributed by atoms with E-state index in [-0.39, 0.29) is 11.3 Å². The lowest BCUT2D eigenvalue weighted by Gasteiger charge is -2.38. The maximum Gasteiger partial charge on any atom is 0.223 e. The molecule has 110 valence electrons. The SMILES string of the molecule is CC1CNCCC1CNC(=O)C1CCCCC1(C)C. The van der Waals surface area contributed by atoms with Crippen LogP contribution in [0.5, 0.6) is 0 Å². The molecule has 0 aromatic rings. The predicted octanol–water partition coefficient (Wildman–Crippen LogP) is 2.56. The van der Waals surface area contributed by atoms with Crippen LogP contribution >= 0.6 is 0 Å². The molecule has 0 bridgehead atoms. The van der Waals surface area contributed by atoms with Crippen LogP contribution in [0.2, 0.25) is 0 Å². The molecule has 3 unspecified atom stereocenters. The molecule has 1 saturated heterocycles. The van der Waals surface area contributed by atoms with E-state index in [4.69, 9.17) is 0 Å². The van der Waals surface area contributed by atoms with Crippen molar-refractivity contribution < 1.29 is 4.79 Å². The zero-order valence-electron chi connectivity index (χ0n) is 12.8. The second-order valence-electron chi connectivity index (χ2n) is 7.26. The van der Waals surface area contributed by atoms with E-state index >= 15 is 0 Å². The van der Waals surface area contributed by atoms with Gasteiger partial charge in [0.25, 0.3) is 0 Å². The van der Waals surface area contributed by atoms with Crippen LogP contribution in [0.1, 0.15) is 52.9 Å². The van der Waals surface area contributed by atoms with Gasteiger partial charge in [-0.05, 0) is 49.6 Å². The van der Waals surface area contributed by atoms with Crippen molar-refractivity contribution in [2.45, 2.75) is 52.9 Å². The molecule has 0 spiro atoms. The van der Waals surface area contributed by atoms with Crippen LogP contribution in [0, 0.1) is 23.2 Å². The van der Waals surface area contributed by atoms with Crippen molar-refractivity contribution in [2.24, 2.45) is 23.2 Å². The molecule has 3 heteroatoms. The summed E-state index contributed by atoms with van der Waals surface area (Å²) in [5, 5.41) is 6.66. The molecule has 2 fully saturated rings. The molecule has 1 saturated carbocycles. The fourth-order valence-corrected chi connectivity index (χ4v) is 3.71. The van der Waals surface area contributed by atoms with Gasteiger partial charge in [0.15, 0.2) is 0 Å². The zero-order valence-corrected chi connectivity index (χ0v) is 12.8. The molecule has 3 nitrogen and oxygen atoms in total. The minimum absolute atomic E-state index is 0.183. The molecule has 2 rings (SSSR count). The minimum atomic E-state index is 0.183. The van der Waals surface area contributed by atoms with E-state index < -0.39 is 0 Å². The molecule has 1 amide bonds. The summed E-state index contributed by atoms with van der Waals surface area (Å²) >= 11 is 0. The predicted molar refractivity (Wildman–Crippen MR) is 78.9 cm³/mol. The highest BCUT2D eigenvalue weighted by Crippen LogP contribution is 2.40. The molecule has 1 aliphatic carbocycles. The van der Waals surface area contributed by atoms with Crippen LogP contribution in [-0.4, -0.2) is 25.5 Å². The molecular formula is C16H30N2O. The molecular weight excluding hydrogens is 236 g/mol. The first kappa shape index (κ1) is 14.8. The molecule has 3 atom stereocenters. The van der Waals surface area contributed by atoms with Gasteiger partial charge in [-0.15, -0.1) is 0 Å². The van der Waals surface area contributed by atoms with Gasteiger partial charge in [0.05, 0.1) is 0 Å². The van der Waals surface area contributed by atoms with Gasteiger partial charge in [-0.3, -0.25) is 4.79 Å². The second-order valence-corrected chi connectivity index (χ2v) is 7.26. The average Bonchev–Trinajstić information content (AvgIpc) is 2.37. The Morgan fingerprint density at radius 3 is 2.79 bits per heavy atom. The first-order valence-electron chi connectivity index (χ1n) is 7.99. The fraction of sp³-hybridized carbons (Fsp3) is 0.938. The summed E-state index contributed by atoms with van der Waals surface area (Å²) in [5.74, 6) is 1.85. The number of hydrogen-bond donors (Lipinski definition) is 2. The topological polar surface area (TPSA) is 41.1 Å². The standard InChI is InChI=1S/C16H30N2O/c1-12-10-17-9-7-13(12)11-18-15(19)14-6-4-5-8-16(14,2)3/h12-14,17H,4-11H2,1-3H3,(H,18,19). The lowest BCUT2D eigenvalue weighted by molar-refractivity contribution is -0.130. The summed E-state index contributed by atoms with van der Waals surface area (Å²) in [5.41, 5.74) is 0.183. The lowest BCUT2D eigenvalue weighted by Crippen LogP contribution is -2.45. The van der Waals surface area contributed by atoms with Crippen molar-refractivity contribution in [3.8, 4) is 0 Å². The van der Waals surface area contributed by atoms with Crippen LogP contribution in [0.4, 0.5) is 0 Å². The summed E-state index contributed by atoms with van der Waals surface area (Å²) in [4.78, 5) is 12.4. The van der Waals surface area contributed by atoms with Gasteiger partial charge >= 0.3 is 0 Å². The van der Waals surface area contributed by atoms with Crippen molar-refractivity contribution in [2.75, 3.05) is 19.6 Å². The van der Waals surface area contributed by atoms with Gasteiger partial charge in [0.1, 0.15) is 0 Å². The Bertz CT molecular complexity index is 314. The van der Waals surface area contributed by atoms with E-state index in [2.05, 4.69) is 31.4 Å². The largest absolute Gasteiger partial charge is 0.356 e. The number of hydrogen-bond acceptors (Lipinski definition) is 2. The third kappa shape index (κ3) is 3.71. The second kappa shape index (κ2) is 6.25. The molecule has 1 heterocycles. The van der Waals surface area contributed by atoms with Crippen LogP contribution in [0.15, 0.2) is 0 Å². The van der Waals surface area contributed by atoms with Crippen molar-refractivity contribution in [1.29, 1.82) is 0 Å². The normalized spacial score (nSPS) is 34.8. The molecule has 2 aliphatic rings. The average molecular weight is 266 g/mol. The quantitative estimate of drug-likeness (QED) is 0.824. The maximum absolute atomic E-state index is 12.4. The van der Waals surface area contributed by atoms with Gasteiger partial charge in [-0.1, -0.05) is 33.6 Å². The van der Waals surface area contributed by atoms with Gasteiger partial charge in [-0.2, -0.15) is 0 Å². The van der Waals surface area contributed by atoms with Crippen molar-refractivity contribution in [3.63, 3.8) is 0 Å². The van der Waals surface area contributed by atoms with Crippen LogP contribution < -0.4 is 10.6 Å². The van der Waals surface area contributed by atoms with Crippen LogP contribution in [0.25, 0.3) is 0 Å². The third-order valence-corrected chi connectivity index (χ3v) is 5.33. The molecule has 19 heavy (non-hydrogen) atoms. The van der Waals surface area contributed by atoms with Gasteiger partial charge in [-0.25, -0.2) is 0 Å². The summed E-state index contributed by atoms with van der Waals surface area (Å²) in [7, 11) is 0. The number of piperidine rings is 1. The van der Waals surface area contributed by atoms with Crippen molar-refractivity contribution in [1.82, 2.24) is 10.6 Å². The van der Waals surface area contributed by atoms with E-state index in [1.165, 1.54) is 25.7 Å². The number of amides is 1. The number of carbonyl (C=O) groups excluding carboxylic acids is 1. The first-order valence-corrected chi connectivity index (χ1v) is 7.99. The summed E-state index contributed by atoms with van der Waals surface area (Å²) < 4.78 is 0. The number of nitrogens with one attached hydrogen (secondary N) is 2. The number of rotatable bonds is 3. The van der Waals surface area contributed by atoms with Crippen molar-refractivity contribution in [3.05, 3.63) is 0 Å². The van der Waals surface area contributed by atoms with E-state index in [0.717, 1.165) is 26.1 Å². The minimum Gasteiger partial charge on any atom is -0.356 e. The van der Waals surface area contributed by atoms with Crippen LogP contribution in [0.3, 0.4) is 0 Å². The smallest absolute Gasteiger partial charge is 0.223 e. The number of carbonyl (C=O) groups is 1. The summed E-state index contributed by atoms with van der Waals surface area (Å²) in [6, 6.07) is 0. The highest BCUT2D eigenvalue weighted by atomic mass is 16.1. The lowest BCUT2D eigenvalue weighted by atomic mass is 9.68. The van der Waals surface area contributed by atoms with Crippen LogP contribution in [-0.2, 0) is 4.79 Å². The van der Waals surface area contributed by atoms with E-state index in [1.807, 2.05) is 0 Å². The van der Waals surface area contributed by atoms with Gasteiger partial charge < -0.3 is 10.6 Å². The van der Waals surface area contributed by atoms with E-state index in [0.29, 0.717) is 17.7 Å². The maximum atomic E-state index is 12.4.